The second-order valence-electron chi connectivity index (χ2n) is 3.30. The zero-order valence-electron chi connectivity index (χ0n) is 8.74. The van der Waals surface area contributed by atoms with E-state index in [0.717, 1.165) is 16.7 Å². The Morgan fingerprint density at radius 2 is 2.25 bits per heavy atom. The van der Waals surface area contributed by atoms with Crippen molar-refractivity contribution in [3.63, 3.8) is 0 Å². The van der Waals surface area contributed by atoms with Gasteiger partial charge in [0.2, 0.25) is 0 Å². The van der Waals surface area contributed by atoms with Gasteiger partial charge in [0, 0.05) is 17.1 Å². The number of hydrogen-bond donors (Lipinski definition) is 0. The summed E-state index contributed by atoms with van der Waals surface area (Å²) in [6.45, 7) is 0. The summed E-state index contributed by atoms with van der Waals surface area (Å²) in [7, 11) is 1.60. The van der Waals surface area contributed by atoms with E-state index in [1.54, 1.807) is 19.4 Å². The highest BCUT2D eigenvalue weighted by Crippen LogP contribution is 2.23. The number of pyridine rings is 1. The first-order valence-corrected chi connectivity index (χ1v) is 5.90. The Bertz CT molecular complexity index is 540. The Morgan fingerprint density at radius 3 is 2.94 bits per heavy atom. The molecular formula is C12H10BrNO2. The average molecular weight is 280 g/mol. The molecule has 0 N–H and O–H groups in total. The van der Waals surface area contributed by atoms with Crippen molar-refractivity contribution in [2.24, 2.45) is 0 Å². The maximum absolute atomic E-state index is 11.7. The molecular weight excluding hydrogens is 270 g/mol. The van der Waals surface area contributed by atoms with Crippen LogP contribution in [0, 0.1) is 0 Å². The summed E-state index contributed by atoms with van der Waals surface area (Å²) in [5.74, 6) is 0.768. The number of alkyl halides is 1. The third-order valence-corrected chi connectivity index (χ3v) is 2.88. The van der Waals surface area contributed by atoms with Crippen molar-refractivity contribution in [1.82, 2.24) is 4.98 Å². The topological polar surface area (TPSA) is 39.2 Å². The lowest BCUT2D eigenvalue weighted by Gasteiger charge is -2.05. The van der Waals surface area contributed by atoms with Gasteiger partial charge in [-0.2, -0.15) is 0 Å². The number of hydrogen-bond acceptors (Lipinski definition) is 3. The molecule has 0 aliphatic heterocycles. The fourth-order valence-electron chi connectivity index (χ4n) is 1.57. The van der Waals surface area contributed by atoms with Gasteiger partial charge in [0.1, 0.15) is 5.75 Å². The van der Waals surface area contributed by atoms with Crippen molar-refractivity contribution in [1.29, 1.82) is 0 Å². The number of fused-ring (bicyclic) bond motifs is 1. The van der Waals surface area contributed by atoms with Crippen LogP contribution in [0.25, 0.3) is 10.9 Å². The molecule has 3 nitrogen and oxygen atoms in total. The number of nitrogens with zero attached hydrogens (tertiary/aromatic N) is 1. The van der Waals surface area contributed by atoms with Crippen molar-refractivity contribution in [3.8, 4) is 5.75 Å². The molecule has 0 amide bonds. The molecule has 4 heteroatoms. The number of aromatic nitrogens is 1. The number of Topliss-reactive ketones (excluding diaryl/α,β-unsaturated/α-hetero) is 1. The Balaban J connectivity index is 2.68. The summed E-state index contributed by atoms with van der Waals surface area (Å²) >= 11 is 3.17. The Hall–Kier alpha value is -1.42. The van der Waals surface area contributed by atoms with Gasteiger partial charge in [0.25, 0.3) is 0 Å². The number of ketones is 1. The zero-order valence-corrected chi connectivity index (χ0v) is 10.3. The van der Waals surface area contributed by atoms with Crippen molar-refractivity contribution >= 4 is 32.6 Å². The second kappa shape index (κ2) is 4.61. The number of rotatable bonds is 3. The lowest BCUT2D eigenvalue weighted by molar-refractivity contribution is 0.102. The Morgan fingerprint density at radius 1 is 1.44 bits per heavy atom. The van der Waals surface area contributed by atoms with Crippen LogP contribution in [-0.4, -0.2) is 23.2 Å². The molecule has 82 valence electrons. The third-order valence-electron chi connectivity index (χ3n) is 2.37. The first-order valence-electron chi connectivity index (χ1n) is 4.78. The van der Waals surface area contributed by atoms with Crippen LogP contribution in [0.3, 0.4) is 0 Å². The lowest BCUT2D eigenvalue weighted by Crippen LogP contribution is -2.01. The molecule has 0 aliphatic rings. The largest absolute Gasteiger partial charge is 0.497 e. The Kier molecular flexibility index (Phi) is 3.19. The van der Waals surface area contributed by atoms with Gasteiger partial charge in [0.15, 0.2) is 5.78 Å². The lowest BCUT2D eigenvalue weighted by atomic mass is 10.1. The quantitative estimate of drug-likeness (QED) is 0.641. The third kappa shape index (κ3) is 1.93. The van der Waals surface area contributed by atoms with Crippen LogP contribution >= 0.6 is 15.9 Å². The maximum Gasteiger partial charge on any atom is 0.174 e. The van der Waals surface area contributed by atoms with Crippen LogP contribution in [0.4, 0.5) is 0 Å². The summed E-state index contributed by atoms with van der Waals surface area (Å²) in [4.78, 5) is 15.9. The standard InChI is InChI=1S/C12H10BrNO2/c1-16-8-2-3-11-10(6-8)9(4-5-14-11)12(15)7-13/h2-6H,7H2,1H3. The minimum absolute atomic E-state index is 0.0423. The van der Waals surface area contributed by atoms with E-state index in [0.29, 0.717) is 10.9 Å². The van der Waals surface area contributed by atoms with E-state index in [9.17, 15) is 4.79 Å². The van der Waals surface area contributed by atoms with Crippen molar-refractivity contribution in [3.05, 3.63) is 36.0 Å². The highest BCUT2D eigenvalue weighted by molar-refractivity contribution is 9.09. The van der Waals surface area contributed by atoms with Gasteiger partial charge in [-0.05, 0) is 24.3 Å². The molecule has 0 spiro atoms. The van der Waals surface area contributed by atoms with Crippen LogP contribution < -0.4 is 4.74 Å². The van der Waals surface area contributed by atoms with Gasteiger partial charge < -0.3 is 4.74 Å². The summed E-state index contributed by atoms with van der Waals surface area (Å²) in [5.41, 5.74) is 1.47. The predicted octanol–water partition coefficient (Wildman–Crippen LogP) is 2.82. The summed E-state index contributed by atoms with van der Waals surface area (Å²) in [5, 5.41) is 1.13. The number of halogens is 1. The summed E-state index contributed by atoms with van der Waals surface area (Å²) < 4.78 is 5.14. The first kappa shape index (κ1) is 11.1. The van der Waals surface area contributed by atoms with E-state index in [1.165, 1.54) is 0 Å². The van der Waals surface area contributed by atoms with Crippen LogP contribution in [0.15, 0.2) is 30.5 Å². The molecule has 0 saturated carbocycles. The predicted molar refractivity (Wildman–Crippen MR) is 66.4 cm³/mol. The zero-order chi connectivity index (χ0) is 11.5. The molecule has 0 saturated heterocycles. The van der Waals surface area contributed by atoms with Gasteiger partial charge in [-0.3, -0.25) is 9.78 Å². The normalized spacial score (nSPS) is 10.4. The molecule has 1 heterocycles. The van der Waals surface area contributed by atoms with Gasteiger partial charge in [-0.1, -0.05) is 15.9 Å². The smallest absolute Gasteiger partial charge is 0.174 e. The molecule has 0 atom stereocenters. The van der Waals surface area contributed by atoms with E-state index in [1.807, 2.05) is 18.2 Å². The van der Waals surface area contributed by atoms with Crippen molar-refractivity contribution < 1.29 is 9.53 Å². The SMILES string of the molecule is COc1ccc2nccc(C(=O)CBr)c2c1. The van der Waals surface area contributed by atoms with Crippen molar-refractivity contribution in [2.75, 3.05) is 12.4 Å². The van der Waals surface area contributed by atoms with E-state index >= 15 is 0 Å². The van der Waals surface area contributed by atoms with Gasteiger partial charge in [-0.15, -0.1) is 0 Å². The highest BCUT2D eigenvalue weighted by atomic mass is 79.9. The summed E-state index contributed by atoms with van der Waals surface area (Å²) in [6, 6.07) is 7.24. The Labute approximate surface area is 102 Å². The molecule has 16 heavy (non-hydrogen) atoms. The van der Waals surface area contributed by atoms with Crippen LogP contribution in [-0.2, 0) is 0 Å². The van der Waals surface area contributed by atoms with Crippen LogP contribution in [0.2, 0.25) is 0 Å². The monoisotopic (exact) mass is 279 g/mol. The summed E-state index contributed by atoms with van der Waals surface area (Å²) in [6.07, 6.45) is 1.64. The van der Waals surface area contributed by atoms with Gasteiger partial charge >= 0.3 is 0 Å². The fraction of sp³-hybridized carbons (Fsp3) is 0.167. The van der Waals surface area contributed by atoms with E-state index < -0.39 is 0 Å². The maximum atomic E-state index is 11.7. The van der Waals surface area contributed by atoms with Crippen LogP contribution in [0.5, 0.6) is 5.75 Å². The fourth-order valence-corrected chi connectivity index (χ4v) is 1.87. The molecule has 0 bridgehead atoms. The number of carbonyl (C=O) groups excluding carboxylic acids is 1. The second-order valence-corrected chi connectivity index (χ2v) is 3.86. The molecule has 1 aromatic carbocycles. The van der Waals surface area contributed by atoms with E-state index in [-0.39, 0.29) is 5.78 Å². The van der Waals surface area contributed by atoms with Crippen molar-refractivity contribution in [2.45, 2.75) is 0 Å². The molecule has 2 rings (SSSR count). The minimum Gasteiger partial charge on any atom is -0.497 e. The average Bonchev–Trinajstić information content (AvgIpc) is 2.36. The highest BCUT2D eigenvalue weighted by Gasteiger charge is 2.09. The molecule has 1 aromatic heterocycles. The van der Waals surface area contributed by atoms with Crippen LogP contribution in [0.1, 0.15) is 10.4 Å². The van der Waals surface area contributed by atoms with E-state index in [2.05, 4.69) is 20.9 Å². The number of ether oxygens (including phenoxy) is 1. The molecule has 0 aliphatic carbocycles. The number of carbonyl (C=O) groups is 1. The molecule has 0 fully saturated rings. The van der Waals surface area contributed by atoms with Gasteiger partial charge in [-0.25, -0.2) is 0 Å². The first-order chi connectivity index (χ1) is 7.76. The van der Waals surface area contributed by atoms with Gasteiger partial charge in [0.05, 0.1) is 18.0 Å². The number of methoxy groups -OCH3 is 1. The molecule has 2 aromatic rings. The minimum atomic E-state index is 0.0423. The molecule has 0 unspecified atom stereocenters. The van der Waals surface area contributed by atoms with E-state index in [4.69, 9.17) is 4.74 Å². The molecule has 0 radical (unpaired) electrons. The number of benzene rings is 1.